The summed E-state index contributed by atoms with van der Waals surface area (Å²) in [4.78, 5) is 11.5. The lowest BCUT2D eigenvalue weighted by Crippen LogP contribution is -2.43. The van der Waals surface area contributed by atoms with Crippen LogP contribution in [0.3, 0.4) is 0 Å². The number of hydrogen-bond acceptors (Lipinski definition) is 1. The van der Waals surface area contributed by atoms with E-state index in [1.807, 2.05) is 0 Å². The van der Waals surface area contributed by atoms with E-state index in [9.17, 15) is 4.79 Å². The second-order valence-corrected chi connectivity index (χ2v) is 5.95. The number of carbonyl (C=O) groups is 1. The van der Waals surface area contributed by atoms with Gasteiger partial charge in [-0.1, -0.05) is 20.8 Å². The molecule has 0 bridgehead atoms. The summed E-state index contributed by atoms with van der Waals surface area (Å²) in [6.45, 7) is 7.09. The molecule has 0 aromatic rings. The van der Waals surface area contributed by atoms with Crippen LogP contribution in [0.25, 0.3) is 0 Å². The zero-order valence-corrected chi connectivity index (χ0v) is 9.68. The number of hydrogen-bond donors (Lipinski definition) is 0. The molecule has 0 heterocycles. The smallest absolute Gasteiger partial charge is 0.133 e. The average molecular weight is 194 g/mol. The van der Waals surface area contributed by atoms with Crippen LogP contribution in [0.15, 0.2) is 0 Å². The summed E-state index contributed by atoms with van der Waals surface area (Å²) >= 11 is 0. The molecule has 2 aliphatic rings. The molecule has 0 radical (unpaired) electrons. The van der Waals surface area contributed by atoms with E-state index in [0.29, 0.717) is 17.1 Å². The summed E-state index contributed by atoms with van der Waals surface area (Å²) in [7, 11) is 0. The summed E-state index contributed by atoms with van der Waals surface area (Å²) in [6.07, 6.45) is 5.61. The van der Waals surface area contributed by atoms with Gasteiger partial charge in [0.15, 0.2) is 0 Å². The van der Waals surface area contributed by atoms with E-state index in [2.05, 4.69) is 20.8 Å². The maximum Gasteiger partial charge on any atom is 0.133 e. The average Bonchev–Trinajstić information content (AvgIpc) is 2.13. The van der Waals surface area contributed by atoms with Crippen LogP contribution in [0, 0.1) is 23.2 Å². The van der Waals surface area contributed by atoms with E-state index >= 15 is 0 Å². The second-order valence-electron chi connectivity index (χ2n) is 5.95. The van der Waals surface area contributed by atoms with Crippen LogP contribution < -0.4 is 0 Å². The van der Waals surface area contributed by atoms with Crippen LogP contribution in [-0.4, -0.2) is 5.78 Å². The molecule has 2 aliphatic carbocycles. The van der Waals surface area contributed by atoms with Gasteiger partial charge in [0.1, 0.15) is 5.78 Å². The number of carbonyl (C=O) groups excluding carboxylic acids is 1. The van der Waals surface area contributed by atoms with Crippen LogP contribution >= 0.6 is 0 Å². The summed E-state index contributed by atoms with van der Waals surface area (Å²) in [5.41, 5.74) is 0.388. The Hall–Kier alpha value is -0.330. The van der Waals surface area contributed by atoms with E-state index in [4.69, 9.17) is 0 Å². The Balaban J connectivity index is 2.19. The quantitative estimate of drug-likeness (QED) is 0.577. The molecule has 2 saturated carbocycles. The first-order valence-electron chi connectivity index (χ1n) is 6.03. The van der Waals surface area contributed by atoms with Crippen molar-refractivity contribution in [3.63, 3.8) is 0 Å². The lowest BCUT2D eigenvalue weighted by molar-refractivity contribution is -0.127. The van der Waals surface area contributed by atoms with Gasteiger partial charge in [0.2, 0.25) is 0 Å². The Morgan fingerprint density at radius 1 is 1.21 bits per heavy atom. The molecule has 0 aliphatic heterocycles. The number of rotatable bonds is 0. The van der Waals surface area contributed by atoms with Gasteiger partial charge in [0, 0.05) is 12.8 Å². The highest BCUT2D eigenvalue weighted by Gasteiger charge is 2.45. The molecule has 0 saturated heterocycles. The van der Waals surface area contributed by atoms with Gasteiger partial charge in [-0.05, 0) is 42.4 Å². The first-order chi connectivity index (χ1) is 6.51. The van der Waals surface area contributed by atoms with Crippen molar-refractivity contribution in [3.05, 3.63) is 0 Å². The first-order valence-corrected chi connectivity index (χ1v) is 6.03. The number of Topliss-reactive ketones (excluding diaryl/α,β-unsaturated/α-hetero) is 1. The van der Waals surface area contributed by atoms with Crippen molar-refractivity contribution in [2.75, 3.05) is 0 Å². The molecule has 1 heteroatoms. The highest BCUT2D eigenvalue weighted by Crippen LogP contribution is 2.52. The predicted octanol–water partition coefficient (Wildman–Crippen LogP) is 3.43. The summed E-state index contributed by atoms with van der Waals surface area (Å²) in [5, 5.41) is 0. The minimum atomic E-state index is 0.388. The van der Waals surface area contributed by atoms with Gasteiger partial charge in [0.25, 0.3) is 0 Å². The third-order valence-corrected chi connectivity index (χ3v) is 5.01. The summed E-state index contributed by atoms with van der Waals surface area (Å²) < 4.78 is 0. The molecule has 0 spiro atoms. The van der Waals surface area contributed by atoms with E-state index in [1.165, 1.54) is 19.3 Å². The largest absolute Gasteiger partial charge is 0.300 e. The van der Waals surface area contributed by atoms with E-state index in [-0.39, 0.29) is 0 Å². The Morgan fingerprint density at radius 3 is 2.64 bits per heavy atom. The van der Waals surface area contributed by atoms with Gasteiger partial charge < -0.3 is 0 Å². The third-order valence-electron chi connectivity index (χ3n) is 5.01. The van der Waals surface area contributed by atoms with E-state index in [1.54, 1.807) is 0 Å². The fraction of sp³-hybridized carbons (Fsp3) is 0.923. The maximum absolute atomic E-state index is 11.5. The minimum Gasteiger partial charge on any atom is -0.300 e. The zero-order chi connectivity index (χ0) is 10.3. The molecule has 14 heavy (non-hydrogen) atoms. The third kappa shape index (κ3) is 1.51. The summed E-state index contributed by atoms with van der Waals surface area (Å²) in [6, 6.07) is 0. The lowest BCUT2D eigenvalue weighted by Gasteiger charge is -2.50. The van der Waals surface area contributed by atoms with Crippen molar-refractivity contribution >= 4 is 5.78 Å². The Kier molecular flexibility index (Phi) is 2.45. The van der Waals surface area contributed by atoms with Gasteiger partial charge in [-0.3, -0.25) is 4.79 Å². The summed E-state index contributed by atoms with van der Waals surface area (Å²) in [5.74, 6) is 2.81. The van der Waals surface area contributed by atoms with Gasteiger partial charge in [-0.25, -0.2) is 0 Å². The Morgan fingerprint density at radius 2 is 1.93 bits per heavy atom. The molecule has 1 unspecified atom stereocenters. The standard InChI is InChI=1S/C13H22O/c1-9-4-5-10-6-7-11(14)8-12(10)13(9,2)3/h9-10,12H,4-8H2,1-3H3/t9-,10?,12+/m1/s1. The molecule has 2 fully saturated rings. The normalized spacial score (nSPS) is 41.9. The Labute approximate surface area is 87.3 Å². The van der Waals surface area contributed by atoms with Gasteiger partial charge in [0.05, 0.1) is 0 Å². The fourth-order valence-electron chi connectivity index (χ4n) is 3.48. The van der Waals surface area contributed by atoms with Crippen LogP contribution in [0.2, 0.25) is 0 Å². The van der Waals surface area contributed by atoms with Crippen molar-refractivity contribution in [3.8, 4) is 0 Å². The number of fused-ring (bicyclic) bond motifs is 1. The van der Waals surface area contributed by atoms with Crippen molar-refractivity contribution in [1.82, 2.24) is 0 Å². The minimum absolute atomic E-state index is 0.388. The van der Waals surface area contributed by atoms with Crippen molar-refractivity contribution in [2.24, 2.45) is 23.2 Å². The molecule has 2 rings (SSSR count). The molecular weight excluding hydrogens is 172 g/mol. The monoisotopic (exact) mass is 194 g/mol. The van der Waals surface area contributed by atoms with Crippen molar-refractivity contribution in [1.29, 1.82) is 0 Å². The van der Waals surface area contributed by atoms with Gasteiger partial charge in [-0.15, -0.1) is 0 Å². The van der Waals surface area contributed by atoms with Gasteiger partial charge >= 0.3 is 0 Å². The first kappa shape index (κ1) is 10.2. The molecule has 0 N–H and O–H groups in total. The van der Waals surface area contributed by atoms with Crippen molar-refractivity contribution < 1.29 is 4.79 Å². The molecule has 0 aromatic carbocycles. The molecular formula is C13H22O. The number of ketones is 1. The van der Waals surface area contributed by atoms with Gasteiger partial charge in [-0.2, -0.15) is 0 Å². The lowest BCUT2D eigenvalue weighted by atomic mass is 9.55. The second kappa shape index (κ2) is 3.36. The van der Waals surface area contributed by atoms with Crippen molar-refractivity contribution in [2.45, 2.75) is 52.9 Å². The van der Waals surface area contributed by atoms with Crippen LogP contribution in [0.1, 0.15) is 52.9 Å². The molecule has 3 atom stereocenters. The topological polar surface area (TPSA) is 17.1 Å². The molecule has 0 amide bonds. The zero-order valence-electron chi connectivity index (χ0n) is 9.68. The highest BCUT2D eigenvalue weighted by atomic mass is 16.1. The molecule has 0 aromatic heterocycles. The van der Waals surface area contributed by atoms with Crippen LogP contribution in [-0.2, 0) is 4.79 Å². The van der Waals surface area contributed by atoms with E-state index < -0.39 is 0 Å². The molecule has 80 valence electrons. The Bertz CT molecular complexity index is 242. The van der Waals surface area contributed by atoms with Crippen LogP contribution in [0.4, 0.5) is 0 Å². The molecule has 1 nitrogen and oxygen atoms in total. The predicted molar refractivity (Wildman–Crippen MR) is 58.0 cm³/mol. The SMILES string of the molecule is C[C@@H]1CCC2CCC(=O)C[C@@H]2C1(C)C. The maximum atomic E-state index is 11.5. The van der Waals surface area contributed by atoms with Crippen LogP contribution in [0.5, 0.6) is 0 Å². The fourth-order valence-corrected chi connectivity index (χ4v) is 3.48. The van der Waals surface area contributed by atoms with E-state index in [0.717, 1.165) is 24.7 Å². The highest BCUT2D eigenvalue weighted by molar-refractivity contribution is 5.79.